The fraction of sp³-hybridized carbons (Fsp3) is 0.182. The predicted octanol–water partition coefficient (Wildman–Crippen LogP) is 8.35. The monoisotopic (exact) mass is 552 g/mol. The van der Waals surface area contributed by atoms with Gasteiger partial charge in [0.25, 0.3) is 5.91 Å². The summed E-state index contributed by atoms with van der Waals surface area (Å²) in [5.74, 6) is -2.26. The number of alkyl halides is 3. The lowest BCUT2D eigenvalue weighted by atomic mass is 9.96. The highest BCUT2D eigenvalue weighted by Crippen LogP contribution is 2.41. The number of allylic oxidation sites excluding steroid dienone is 1. The molecule has 0 aliphatic carbocycles. The summed E-state index contributed by atoms with van der Waals surface area (Å²) in [7, 11) is 0. The van der Waals surface area contributed by atoms with E-state index in [2.05, 4.69) is 10.3 Å². The summed E-state index contributed by atoms with van der Waals surface area (Å²) in [5, 5.41) is 2.64. The molecule has 0 bridgehead atoms. The maximum Gasteiger partial charge on any atom is 0.399 e. The minimum Gasteiger partial charge on any atom is -0.347 e. The van der Waals surface area contributed by atoms with Gasteiger partial charge in [-0.1, -0.05) is 70.7 Å². The van der Waals surface area contributed by atoms with Crippen molar-refractivity contribution >= 4 is 69.7 Å². The number of halogens is 7. The molecule has 3 rings (SSSR count). The van der Waals surface area contributed by atoms with E-state index < -0.39 is 12.1 Å². The summed E-state index contributed by atoms with van der Waals surface area (Å²) in [6.07, 6.45) is -0.655. The van der Waals surface area contributed by atoms with Gasteiger partial charge in [0.05, 0.1) is 27.5 Å². The van der Waals surface area contributed by atoms with Crippen LogP contribution in [0.2, 0.25) is 19.5 Å². The van der Waals surface area contributed by atoms with E-state index in [1.165, 1.54) is 17.4 Å². The number of nitrogens with one attached hydrogen (secondary N) is 1. The van der Waals surface area contributed by atoms with Gasteiger partial charge >= 0.3 is 6.18 Å². The molecule has 0 saturated carbocycles. The fourth-order valence-electron chi connectivity index (χ4n) is 3.04. The first kappa shape index (κ1) is 25.8. The van der Waals surface area contributed by atoms with Crippen molar-refractivity contribution in [2.75, 3.05) is 0 Å². The van der Waals surface area contributed by atoms with Gasteiger partial charge < -0.3 is 5.32 Å². The van der Waals surface area contributed by atoms with Crippen LogP contribution in [-0.2, 0) is 6.54 Å². The Morgan fingerprint density at radius 3 is 2.36 bits per heavy atom. The highest BCUT2D eigenvalue weighted by atomic mass is 35.5. The van der Waals surface area contributed by atoms with Gasteiger partial charge in [-0.05, 0) is 41.8 Å². The first-order valence-corrected chi connectivity index (χ1v) is 11.7. The van der Waals surface area contributed by atoms with Crippen molar-refractivity contribution in [1.82, 2.24) is 10.3 Å². The predicted molar refractivity (Wildman–Crippen MR) is 129 cm³/mol. The largest absolute Gasteiger partial charge is 0.399 e. The van der Waals surface area contributed by atoms with Crippen molar-refractivity contribution < 1.29 is 18.0 Å². The quantitative estimate of drug-likeness (QED) is 0.311. The minimum atomic E-state index is -4.58. The molecule has 0 radical (unpaired) electrons. The Bertz CT molecular complexity index is 1190. The number of nitrogens with zero attached hydrogens (tertiary/aromatic N) is 1. The van der Waals surface area contributed by atoms with E-state index in [1.54, 1.807) is 31.3 Å². The highest BCUT2D eigenvalue weighted by molar-refractivity contribution is 7.15. The zero-order chi connectivity index (χ0) is 24.3. The summed E-state index contributed by atoms with van der Waals surface area (Å²) in [6.45, 7) is 1.97. The highest BCUT2D eigenvalue weighted by Gasteiger charge is 2.39. The van der Waals surface area contributed by atoms with Crippen molar-refractivity contribution in [2.24, 2.45) is 0 Å². The molecule has 33 heavy (non-hydrogen) atoms. The Kier molecular flexibility index (Phi) is 8.35. The van der Waals surface area contributed by atoms with Gasteiger partial charge in [-0.15, -0.1) is 11.3 Å². The van der Waals surface area contributed by atoms with Gasteiger partial charge in [-0.25, -0.2) is 4.98 Å². The summed E-state index contributed by atoms with van der Waals surface area (Å²) in [6, 6.07) is 7.05. The van der Waals surface area contributed by atoms with Crippen molar-refractivity contribution in [3.8, 4) is 0 Å². The number of amides is 1. The normalized spacial score (nSPS) is 12.8. The lowest BCUT2D eigenvalue weighted by molar-refractivity contribution is -0.139. The average molecular weight is 554 g/mol. The van der Waals surface area contributed by atoms with E-state index >= 15 is 0 Å². The number of hydrogen-bond acceptors (Lipinski definition) is 3. The maximum atomic E-state index is 13.7. The van der Waals surface area contributed by atoms with Gasteiger partial charge in [0.15, 0.2) is 4.47 Å². The topological polar surface area (TPSA) is 42.0 Å². The second-order valence-corrected chi connectivity index (χ2v) is 9.90. The van der Waals surface area contributed by atoms with E-state index in [0.29, 0.717) is 21.2 Å². The molecular formula is C22H15Cl4F3N2OS. The van der Waals surface area contributed by atoms with E-state index in [0.717, 1.165) is 23.1 Å². The molecule has 1 aromatic heterocycles. The number of thiazole rings is 1. The van der Waals surface area contributed by atoms with E-state index in [9.17, 15) is 18.0 Å². The van der Waals surface area contributed by atoms with Crippen LogP contribution in [0.5, 0.6) is 0 Å². The Balaban J connectivity index is 1.79. The van der Waals surface area contributed by atoms with Crippen LogP contribution in [0.1, 0.15) is 37.8 Å². The summed E-state index contributed by atoms with van der Waals surface area (Å²) in [4.78, 5) is 17.2. The third kappa shape index (κ3) is 6.64. The Hall–Kier alpha value is -1.77. The van der Waals surface area contributed by atoms with Crippen LogP contribution < -0.4 is 5.32 Å². The van der Waals surface area contributed by atoms with Crippen LogP contribution >= 0.6 is 57.7 Å². The molecule has 0 fully saturated rings. The van der Waals surface area contributed by atoms with Gasteiger partial charge in [-0.2, -0.15) is 13.2 Å². The van der Waals surface area contributed by atoms with Crippen LogP contribution in [0, 0.1) is 6.92 Å². The number of rotatable bonds is 6. The zero-order valence-corrected chi connectivity index (χ0v) is 20.7. The molecule has 1 atom stereocenters. The SMILES string of the molecule is Cc1cc(/C=C/C(c2cc(Cl)c(Cl)c(Cl)c2)C(F)(F)F)ccc1C(=O)NCc1cnc(Cl)s1. The molecule has 3 aromatic rings. The number of benzene rings is 2. The first-order valence-electron chi connectivity index (χ1n) is 9.34. The number of carbonyl (C=O) groups is 1. The second-order valence-electron chi connectivity index (χ2n) is 7.01. The van der Waals surface area contributed by atoms with Gasteiger partial charge in [-0.3, -0.25) is 4.79 Å². The molecule has 0 aliphatic rings. The molecule has 0 spiro atoms. The smallest absolute Gasteiger partial charge is 0.347 e. The molecule has 174 valence electrons. The average Bonchev–Trinajstić information content (AvgIpc) is 3.14. The standard InChI is InChI=1S/C22H15Cl4F3N2OS/c1-11-6-12(2-4-15(11)20(32)30-9-14-10-31-21(26)33-14)3-5-16(22(27,28)29)13-7-17(23)19(25)18(24)8-13/h2-8,10,16H,9H2,1H3,(H,30,32)/b5-3+. The number of aryl methyl sites for hydroxylation is 1. The van der Waals surface area contributed by atoms with Crippen LogP contribution in [-0.4, -0.2) is 17.1 Å². The molecule has 1 N–H and O–H groups in total. The second kappa shape index (κ2) is 10.7. The lowest BCUT2D eigenvalue weighted by Gasteiger charge is -2.18. The van der Waals surface area contributed by atoms with E-state index in [-0.39, 0.29) is 33.1 Å². The molecule has 1 amide bonds. The Labute approximate surface area is 212 Å². The summed E-state index contributed by atoms with van der Waals surface area (Å²) >= 11 is 24.7. The van der Waals surface area contributed by atoms with Gasteiger partial charge in [0, 0.05) is 16.6 Å². The molecule has 1 unspecified atom stereocenters. The van der Waals surface area contributed by atoms with E-state index in [4.69, 9.17) is 46.4 Å². The molecular weight excluding hydrogens is 539 g/mol. The lowest BCUT2D eigenvalue weighted by Crippen LogP contribution is -2.23. The Morgan fingerprint density at radius 2 is 1.82 bits per heavy atom. The number of hydrogen-bond donors (Lipinski definition) is 1. The van der Waals surface area contributed by atoms with Crippen molar-refractivity contribution in [3.05, 3.63) is 89.3 Å². The fourth-order valence-corrected chi connectivity index (χ4v) is 4.58. The maximum absolute atomic E-state index is 13.7. The first-order chi connectivity index (χ1) is 15.5. The van der Waals surface area contributed by atoms with Crippen molar-refractivity contribution in [2.45, 2.75) is 25.6 Å². The molecule has 3 nitrogen and oxygen atoms in total. The van der Waals surface area contributed by atoms with Crippen molar-refractivity contribution in [3.63, 3.8) is 0 Å². The summed E-state index contributed by atoms with van der Waals surface area (Å²) < 4.78 is 41.5. The zero-order valence-electron chi connectivity index (χ0n) is 16.8. The molecule has 0 saturated heterocycles. The van der Waals surface area contributed by atoms with Gasteiger partial charge in [0.2, 0.25) is 0 Å². The minimum absolute atomic E-state index is 0.00471. The number of carbonyl (C=O) groups excluding carboxylic acids is 1. The number of aromatic nitrogens is 1. The van der Waals surface area contributed by atoms with Gasteiger partial charge in [0.1, 0.15) is 0 Å². The van der Waals surface area contributed by atoms with Crippen LogP contribution in [0.25, 0.3) is 6.08 Å². The third-order valence-corrected chi connectivity index (χ3v) is 6.95. The van der Waals surface area contributed by atoms with Crippen molar-refractivity contribution in [1.29, 1.82) is 0 Å². The van der Waals surface area contributed by atoms with Crippen LogP contribution in [0.15, 0.2) is 42.6 Å². The summed E-state index contributed by atoms with van der Waals surface area (Å²) in [5.41, 5.74) is 1.39. The molecule has 2 aromatic carbocycles. The molecule has 0 aliphatic heterocycles. The van der Waals surface area contributed by atoms with E-state index in [1.807, 2.05) is 0 Å². The molecule has 1 heterocycles. The molecule has 11 heteroatoms. The third-order valence-electron chi connectivity index (χ3n) is 4.64. The Morgan fingerprint density at radius 1 is 1.15 bits per heavy atom. The van der Waals surface area contributed by atoms with Crippen LogP contribution in [0.3, 0.4) is 0 Å². The van der Waals surface area contributed by atoms with Crippen LogP contribution in [0.4, 0.5) is 13.2 Å².